The van der Waals surface area contributed by atoms with E-state index in [2.05, 4.69) is 41.9 Å². The summed E-state index contributed by atoms with van der Waals surface area (Å²) in [5.74, 6) is 0. The molecule has 3 aromatic rings. The van der Waals surface area contributed by atoms with E-state index in [1.807, 2.05) is 12.1 Å². The summed E-state index contributed by atoms with van der Waals surface area (Å²) in [4.78, 5) is 0. The van der Waals surface area contributed by atoms with E-state index in [0.29, 0.717) is 0 Å². The molecule has 0 bridgehead atoms. The van der Waals surface area contributed by atoms with Crippen molar-refractivity contribution in [3.63, 3.8) is 0 Å². The van der Waals surface area contributed by atoms with Gasteiger partial charge >= 0.3 is 0 Å². The van der Waals surface area contributed by atoms with Crippen molar-refractivity contribution in [1.29, 1.82) is 0 Å². The second-order valence-electron chi connectivity index (χ2n) is 3.74. The van der Waals surface area contributed by atoms with Gasteiger partial charge in [-0.2, -0.15) is 0 Å². The number of rotatable bonds is 0. The summed E-state index contributed by atoms with van der Waals surface area (Å²) in [5, 5.41) is 3.27. The molecule has 0 aliphatic rings. The molecule has 0 unspecified atom stereocenters. The number of para-hydroxylation sites is 1. The maximum atomic E-state index is 6.02. The zero-order valence-corrected chi connectivity index (χ0v) is 9.12. The largest absolute Gasteiger partial charge is 0.344 e. The molecule has 0 saturated carbocycles. The first-order chi connectivity index (χ1) is 7.27. The van der Waals surface area contributed by atoms with Crippen molar-refractivity contribution < 1.29 is 0 Å². The highest BCUT2D eigenvalue weighted by Crippen LogP contribution is 2.29. The molecule has 2 heteroatoms. The quantitative estimate of drug-likeness (QED) is 0.535. The molecule has 0 saturated heterocycles. The highest BCUT2D eigenvalue weighted by atomic mass is 35.5. The minimum absolute atomic E-state index is 0.791. The lowest BCUT2D eigenvalue weighted by Gasteiger charge is -1.96. The SMILES string of the molecule is Cn1c2ccccc2c2cc(Cl)ccc21. The third-order valence-electron chi connectivity index (χ3n) is 2.88. The molecule has 0 N–H and O–H groups in total. The van der Waals surface area contributed by atoms with Gasteiger partial charge in [0.1, 0.15) is 0 Å². The Morgan fingerprint density at radius 3 is 2.53 bits per heavy atom. The lowest BCUT2D eigenvalue weighted by Crippen LogP contribution is -1.85. The Morgan fingerprint density at radius 1 is 0.933 bits per heavy atom. The first kappa shape index (κ1) is 8.81. The van der Waals surface area contributed by atoms with Gasteiger partial charge in [0.2, 0.25) is 0 Å². The van der Waals surface area contributed by atoms with Crippen molar-refractivity contribution in [3.05, 3.63) is 47.5 Å². The van der Waals surface area contributed by atoms with E-state index < -0.39 is 0 Å². The maximum absolute atomic E-state index is 6.02. The van der Waals surface area contributed by atoms with Crippen LogP contribution in [0.4, 0.5) is 0 Å². The molecule has 1 aromatic heterocycles. The smallest absolute Gasteiger partial charge is 0.0489 e. The Bertz CT molecular complexity index is 652. The summed E-state index contributed by atoms with van der Waals surface area (Å²) < 4.78 is 2.20. The van der Waals surface area contributed by atoms with Gasteiger partial charge in [-0.25, -0.2) is 0 Å². The summed E-state index contributed by atoms with van der Waals surface area (Å²) in [6.07, 6.45) is 0. The van der Waals surface area contributed by atoms with E-state index in [9.17, 15) is 0 Å². The lowest BCUT2D eigenvalue weighted by molar-refractivity contribution is 1.01. The second kappa shape index (κ2) is 3.01. The highest BCUT2D eigenvalue weighted by molar-refractivity contribution is 6.31. The molecular formula is C13H10ClN. The van der Waals surface area contributed by atoms with Crippen molar-refractivity contribution in [3.8, 4) is 0 Å². The Hall–Kier alpha value is -1.47. The fourth-order valence-electron chi connectivity index (χ4n) is 2.14. The molecule has 0 atom stereocenters. The van der Waals surface area contributed by atoms with Crippen molar-refractivity contribution in [2.45, 2.75) is 0 Å². The fourth-order valence-corrected chi connectivity index (χ4v) is 2.31. The van der Waals surface area contributed by atoms with E-state index >= 15 is 0 Å². The van der Waals surface area contributed by atoms with Crippen LogP contribution in [0.1, 0.15) is 0 Å². The molecule has 74 valence electrons. The van der Waals surface area contributed by atoms with Gasteiger partial charge in [-0.05, 0) is 24.3 Å². The van der Waals surface area contributed by atoms with Crippen LogP contribution in [-0.4, -0.2) is 4.57 Å². The number of aryl methyl sites for hydroxylation is 1. The normalized spacial score (nSPS) is 11.3. The van der Waals surface area contributed by atoms with Crippen LogP contribution in [0, 0.1) is 0 Å². The average molecular weight is 216 g/mol. The maximum Gasteiger partial charge on any atom is 0.0489 e. The van der Waals surface area contributed by atoms with Crippen LogP contribution >= 0.6 is 11.6 Å². The number of benzene rings is 2. The monoisotopic (exact) mass is 215 g/mol. The van der Waals surface area contributed by atoms with E-state index in [4.69, 9.17) is 11.6 Å². The summed E-state index contributed by atoms with van der Waals surface area (Å²) in [6.45, 7) is 0. The summed E-state index contributed by atoms with van der Waals surface area (Å²) in [6, 6.07) is 14.4. The number of halogens is 1. The molecule has 15 heavy (non-hydrogen) atoms. The van der Waals surface area contributed by atoms with Crippen LogP contribution in [0.3, 0.4) is 0 Å². The minimum atomic E-state index is 0.791. The van der Waals surface area contributed by atoms with Crippen LogP contribution in [0.15, 0.2) is 42.5 Å². The number of hydrogen-bond donors (Lipinski definition) is 0. The molecule has 0 amide bonds. The molecule has 0 aliphatic heterocycles. The predicted octanol–water partition coefficient (Wildman–Crippen LogP) is 3.98. The Balaban J connectivity index is 2.64. The second-order valence-corrected chi connectivity index (χ2v) is 4.17. The highest BCUT2D eigenvalue weighted by Gasteiger charge is 2.06. The standard InChI is InChI=1S/C13H10ClN/c1-15-12-5-3-2-4-10(12)11-8-9(14)6-7-13(11)15/h2-8H,1H3. The minimum Gasteiger partial charge on any atom is -0.344 e. The Labute approximate surface area is 92.9 Å². The van der Waals surface area contributed by atoms with Gasteiger partial charge in [-0.3, -0.25) is 0 Å². The van der Waals surface area contributed by atoms with Crippen molar-refractivity contribution >= 4 is 33.4 Å². The molecule has 1 heterocycles. The van der Waals surface area contributed by atoms with Crippen molar-refractivity contribution in [1.82, 2.24) is 4.57 Å². The summed E-state index contributed by atoms with van der Waals surface area (Å²) in [7, 11) is 2.08. The van der Waals surface area contributed by atoms with Crippen molar-refractivity contribution in [2.75, 3.05) is 0 Å². The molecule has 3 rings (SSSR count). The summed E-state index contributed by atoms with van der Waals surface area (Å²) in [5.41, 5.74) is 2.47. The van der Waals surface area contributed by atoms with Crippen LogP contribution in [0.5, 0.6) is 0 Å². The number of aromatic nitrogens is 1. The van der Waals surface area contributed by atoms with Crippen LogP contribution in [0.25, 0.3) is 21.8 Å². The molecular weight excluding hydrogens is 206 g/mol. The van der Waals surface area contributed by atoms with Crippen LogP contribution in [-0.2, 0) is 7.05 Å². The van der Waals surface area contributed by atoms with Gasteiger partial charge in [-0.15, -0.1) is 0 Å². The van der Waals surface area contributed by atoms with E-state index in [0.717, 1.165) is 5.02 Å². The molecule has 1 nitrogen and oxygen atoms in total. The number of hydrogen-bond acceptors (Lipinski definition) is 0. The predicted molar refractivity (Wildman–Crippen MR) is 65.4 cm³/mol. The van der Waals surface area contributed by atoms with Crippen LogP contribution < -0.4 is 0 Å². The topological polar surface area (TPSA) is 4.93 Å². The zero-order chi connectivity index (χ0) is 10.4. The molecule has 0 spiro atoms. The molecule has 0 aliphatic carbocycles. The molecule has 2 aromatic carbocycles. The van der Waals surface area contributed by atoms with Gasteiger partial charge in [-0.1, -0.05) is 29.8 Å². The van der Waals surface area contributed by atoms with E-state index in [1.165, 1.54) is 21.8 Å². The molecule has 0 radical (unpaired) electrons. The fraction of sp³-hybridized carbons (Fsp3) is 0.0769. The van der Waals surface area contributed by atoms with Gasteiger partial charge in [0.05, 0.1) is 0 Å². The van der Waals surface area contributed by atoms with E-state index in [1.54, 1.807) is 0 Å². The Morgan fingerprint density at radius 2 is 1.67 bits per heavy atom. The zero-order valence-electron chi connectivity index (χ0n) is 8.37. The average Bonchev–Trinajstić information content (AvgIpc) is 2.54. The summed E-state index contributed by atoms with van der Waals surface area (Å²) >= 11 is 6.02. The van der Waals surface area contributed by atoms with Gasteiger partial charge < -0.3 is 4.57 Å². The third-order valence-corrected chi connectivity index (χ3v) is 3.11. The first-order valence-electron chi connectivity index (χ1n) is 4.90. The first-order valence-corrected chi connectivity index (χ1v) is 5.28. The van der Waals surface area contributed by atoms with Gasteiger partial charge in [0.15, 0.2) is 0 Å². The molecule has 0 fully saturated rings. The lowest BCUT2D eigenvalue weighted by atomic mass is 10.2. The number of fused-ring (bicyclic) bond motifs is 3. The Kier molecular flexibility index (Phi) is 1.77. The van der Waals surface area contributed by atoms with Crippen molar-refractivity contribution in [2.24, 2.45) is 7.05 Å². The third kappa shape index (κ3) is 1.17. The van der Waals surface area contributed by atoms with E-state index in [-0.39, 0.29) is 0 Å². The van der Waals surface area contributed by atoms with Gasteiger partial charge in [0.25, 0.3) is 0 Å². The number of nitrogens with zero attached hydrogens (tertiary/aromatic N) is 1. The van der Waals surface area contributed by atoms with Crippen LogP contribution in [0.2, 0.25) is 5.02 Å². The van der Waals surface area contributed by atoms with Gasteiger partial charge in [0, 0.05) is 33.9 Å².